The third kappa shape index (κ3) is 7.93. The number of sulfonamides is 1. The van der Waals surface area contributed by atoms with Crippen molar-refractivity contribution in [2.75, 3.05) is 34.2 Å². The first-order valence-corrected chi connectivity index (χ1v) is 14.3. The molecule has 0 aromatic heterocycles. The standard InChI is InChI=1S/C27H31N3O4S.C2HF3O2/c1-18-6-5-7-23(14-18)30-13-12-29(17-21(30)4)26-11-9-22(27(31)32)16-25(26)28-35(33,34)24-10-8-19(2)20(3)15-24;3-2(4,5)1(6)7/h5-11,14-16,21,28H,12-13,17H2,1-4H3,(H,31,32);(H,6,7). The van der Waals surface area contributed by atoms with E-state index in [-0.39, 0.29) is 22.2 Å². The average molecular weight is 608 g/mol. The van der Waals surface area contributed by atoms with Gasteiger partial charge in [-0.2, -0.15) is 13.2 Å². The van der Waals surface area contributed by atoms with Crippen molar-refractivity contribution in [3.8, 4) is 0 Å². The Morgan fingerprint density at radius 1 is 0.929 bits per heavy atom. The van der Waals surface area contributed by atoms with Gasteiger partial charge in [0.15, 0.2) is 0 Å². The number of benzene rings is 3. The SMILES string of the molecule is Cc1cccc(N2CCN(c3ccc(C(=O)O)cc3NS(=O)(=O)c3ccc(C)c(C)c3)CC2C)c1.O=C(O)C(F)(F)F. The maximum atomic E-state index is 13.2. The lowest BCUT2D eigenvalue weighted by atomic mass is 10.1. The summed E-state index contributed by atoms with van der Waals surface area (Å²) in [7, 11) is -3.91. The second kappa shape index (κ2) is 12.7. The molecule has 3 aromatic carbocycles. The fourth-order valence-electron chi connectivity index (χ4n) is 4.48. The third-order valence-electron chi connectivity index (χ3n) is 6.82. The summed E-state index contributed by atoms with van der Waals surface area (Å²) in [4.78, 5) is 25.1. The highest BCUT2D eigenvalue weighted by atomic mass is 32.2. The van der Waals surface area contributed by atoms with Crippen LogP contribution in [0.4, 0.5) is 30.2 Å². The molecule has 226 valence electrons. The Morgan fingerprint density at radius 3 is 2.14 bits per heavy atom. The van der Waals surface area contributed by atoms with Crippen molar-refractivity contribution in [2.24, 2.45) is 0 Å². The predicted molar refractivity (Wildman–Crippen MR) is 154 cm³/mol. The van der Waals surface area contributed by atoms with Crippen LogP contribution in [0.15, 0.2) is 65.6 Å². The maximum absolute atomic E-state index is 13.2. The summed E-state index contributed by atoms with van der Waals surface area (Å²) < 4.78 is 60.9. The molecule has 1 saturated heterocycles. The van der Waals surface area contributed by atoms with E-state index in [0.29, 0.717) is 18.8 Å². The number of nitrogens with zero attached hydrogens (tertiary/aromatic N) is 2. The minimum absolute atomic E-state index is 0.0259. The molecule has 0 aliphatic carbocycles. The van der Waals surface area contributed by atoms with Crippen LogP contribution in [0.2, 0.25) is 0 Å². The molecule has 3 N–H and O–H groups in total. The van der Waals surface area contributed by atoms with E-state index in [4.69, 9.17) is 9.90 Å². The fraction of sp³-hybridized carbons (Fsp3) is 0.310. The first-order valence-electron chi connectivity index (χ1n) is 12.9. The smallest absolute Gasteiger partial charge is 0.478 e. The zero-order chi connectivity index (χ0) is 31.4. The van der Waals surface area contributed by atoms with Crippen LogP contribution in [0.3, 0.4) is 0 Å². The minimum atomic E-state index is -5.08. The van der Waals surface area contributed by atoms with Crippen molar-refractivity contribution in [3.63, 3.8) is 0 Å². The van der Waals surface area contributed by atoms with E-state index in [1.165, 1.54) is 17.7 Å². The van der Waals surface area contributed by atoms with Gasteiger partial charge in [0, 0.05) is 31.4 Å². The molecule has 13 heteroatoms. The summed E-state index contributed by atoms with van der Waals surface area (Å²) in [5.74, 6) is -3.87. The number of anilines is 3. The Balaban J connectivity index is 0.000000616. The summed E-state index contributed by atoms with van der Waals surface area (Å²) >= 11 is 0. The van der Waals surface area contributed by atoms with Crippen LogP contribution in [0, 0.1) is 20.8 Å². The number of carboxylic acid groups (broad SMARTS) is 2. The number of alkyl halides is 3. The summed E-state index contributed by atoms with van der Waals surface area (Å²) in [6, 6.07) is 18.1. The lowest BCUT2D eigenvalue weighted by molar-refractivity contribution is -0.192. The number of aliphatic carboxylic acids is 1. The second-order valence-electron chi connectivity index (χ2n) is 10.0. The van der Waals surface area contributed by atoms with E-state index in [0.717, 1.165) is 23.4 Å². The summed E-state index contributed by atoms with van der Waals surface area (Å²) in [5.41, 5.74) is 5.18. The second-order valence-corrected chi connectivity index (χ2v) is 11.7. The lowest BCUT2D eigenvalue weighted by Gasteiger charge is -2.43. The first kappa shape index (κ1) is 32.3. The molecule has 0 saturated carbocycles. The number of carbonyl (C=O) groups is 2. The van der Waals surface area contributed by atoms with Gasteiger partial charge in [0.05, 0.1) is 21.8 Å². The third-order valence-corrected chi connectivity index (χ3v) is 8.18. The first-order chi connectivity index (χ1) is 19.5. The molecule has 0 radical (unpaired) electrons. The van der Waals surface area contributed by atoms with Crippen LogP contribution in [0.25, 0.3) is 0 Å². The fourth-order valence-corrected chi connectivity index (χ4v) is 5.63. The molecule has 0 spiro atoms. The number of hydrogen-bond acceptors (Lipinski definition) is 6. The lowest BCUT2D eigenvalue weighted by Crippen LogP contribution is -2.52. The van der Waals surface area contributed by atoms with Crippen LogP contribution in [-0.4, -0.2) is 62.4 Å². The number of hydrogen-bond donors (Lipinski definition) is 3. The average Bonchev–Trinajstić information content (AvgIpc) is 2.89. The highest BCUT2D eigenvalue weighted by Crippen LogP contribution is 2.33. The molecule has 9 nitrogen and oxygen atoms in total. The van der Waals surface area contributed by atoms with Gasteiger partial charge in [0.25, 0.3) is 10.0 Å². The summed E-state index contributed by atoms with van der Waals surface area (Å²) in [6.07, 6.45) is -5.08. The van der Waals surface area contributed by atoms with Gasteiger partial charge in [0.2, 0.25) is 0 Å². The molecule has 0 bridgehead atoms. The number of nitrogens with one attached hydrogen (secondary N) is 1. The van der Waals surface area contributed by atoms with Gasteiger partial charge >= 0.3 is 18.1 Å². The van der Waals surface area contributed by atoms with Gasteiger partial charge in [-0.1, -0.05) is 18.2 Å². The minimum Gasteiger partial charge on any atom is -0.478 e. The van der Waals surface area contributed by atoms with Gasteiger partial charge in [-0.15, -0.1) is 0 Å². The number of carboxylic acids is 2. The van der Waals surface area contributed by atoms with Crippen molar-refractivity contribution < 1.29 is 41.4 Å². The molecule has 42 heavy (non-hydrogen) atoms. The number of aromatic carboxylic acids is 1. The molecule has 1 heterocycles. The van der Waals surface area contributed by atoms with E-state index >= 15 is 0 Å². The van der Waals surface area contributed by atoms with Gasteiger partial charge in [-0.05, 0) is 86.8 Å². The number of piperazine rings is 1. The van der Waals surface area contributed by atoms with Crippen molar-refractivity contribution in [1.82, 2.24) is 0 Å². The largest absolute Gasteiger partial charge is 0.490 e. The van der Waals surface area contributed by atoms with Crippen LogP contribution in [-0.2, 0) is 14.8 Å². The molecule has 1 unspecified atom stereocenters. The topological polar surface area (TPSA) is 127 Å². The Labute approximate surface area is 242 Å². The zero-order valence-corrected chi connectivity index (χ0v) is 24.3. The number of aryl methyl sites for hydroxylation is 3. The van der Waals surface area contributed by atoms with Gasteiger partial charge in [0.1, 0.15) is 0 Å². The molecule has 3 aromatic rings. The molecule has 1 aliphatic heterocycles. The van der Waals surface area contributed by atoms with E-state index in [1.807, 2.05) is 19.9 Å². The maximum Gasteiger partial charge on any atom is 0.490 e. The Hall–Kier alpha value is -4.26. The molecule has 1 atom stereocenters. The van der Waals surface area contributed by atoms with E-state index in [1.54, 1.807) is 24.3 Å². The monoisotopic (exact) mass is 607 g/mol. The number of halogens is 3. The molecular weight excluding hydrogens is 575 g/mol. The summed E-state index contributed by atoms with van der Waals surface area (Å²) in [5, 5.41) is 16.6. The molecule has 4 rings (SSSR count). The van der Waals surface area contributed by atoms with Crippen LogP contribution < -0.4 is 14.5 Å². The highest BCUT2D eigenvalue weighted by Gasteiger charge is 2.38. The highest BCUT2D eigenvalue weighted by molar-refractivity contribution is 7.92. The van der Waals surface area contributed by atoms with Crippen molar-refractivity contribution in [2.45, 2.75) is 44.8 Å². The normalized spacial score (nSPS) is 15.5. The van der Waals surface area contributed by atoms with Gasteiger partial charge in [-0.3, -0.25) is 4.72 Å². The van der Waals surface area contributed by atoms with Crippen molar-refractivity contribution >= 4 is 39.0 Å². The predicted octanol–water partition coefficient (Wildman–Crippen LogP) is 5.46. The van der Waals surface area contributed by atoms with E-state index in [9.17, 15) is 31.5 Å². The summed E-state index contributed by atoms with van der Waals surface area (Å²) in [6.45, 7) is 10.1. The van der Waals surface area contributed by atoms with Crippen LogP contribution in [0.5, 0.6) is 0 Å². The Morgan fingerprint density at radius 2 is 1.60 bits per heavy atom. The Bertz CT molecular complexity index is 1580. The molecule has 1 fully saturated rings. The number of rotatable bonds is 6. The van der Waals surface area contributed by atoms with Gasteiger partial charge in [-0.25, -0.2) is 18.0 Å². The van der Waals surface area contributed by atoms with E-state index in [2.05, 4.69) is 46.6 Å². The molecule has 0 amide bonds. The molecular formula is C29H32F3N3O6S. The molecule has 1 aliphatic rings. The van der Waals surface area contributed by atoms with Crippen molar-refractivity contribution in [1.29, 1.82) is 0 Å². The zero-order valence-electron chi connectivity index (χ0n) is 23.4. The van der Waals surface area contributed by atoms with Crippen LogP contribution >= 0.6 is 0 Å². The van der Waals surface area contributed by atoms with E-state index < -0.39 is 28.1 Å². The van der Waals surface area contributed by atoms with Crippen LogP contribution in [0.1, 0.15) is 34.0 Å². The van der Waals surface area contributed by atoms with Gasteiger partial charge < -0.3 is 20.0 Å². The van der Waals surface area contributed by atoms with Crippen molar-refractivity contribution in [3.05, 3.63) is 82.9 Å². The quantitative estimate of drug-likeness (QED) is 0.337. The Kier molecular flexibility index (Phi) is 9.77.